The molecule has 2 atom stereocenters. The van der Waals surface area contributed by atoms with E-state index in [0.717, 1.165) is 22.5 Å². The zero-order chi connectivity index (χ0) is 22.9. The standard InChI is InChI=1S/C29H25N3S/c1-33-29(27-15-9-8-10-24(27)21-31-25-11-4-2-5-12-25)28(32-26-13-6-3-7-14-26)23-18-16-22(20-30)17-19-23/h2-19,21,28-29,32H,1H3/t28-,29-/m0/s1. The number of rotatable bonds is 8. The summed E-state index contributed by atoms with van der Waals surface area (Å²) in [6, 6.07) is 38.7. The van der Waals surface area contributed by atoms with E-state index < -0.39 is 0 Å². The fourth-order valence-electron chi connectivity index (χ4n) is 3.80. The van der Waals surface area contributed by atoms with Crippen LogP contribution in [-0.2, 0) is 0 Å². The minimum atomic E-state index is 0.00131. The number of benzene rings is 4. The fourth-order valence-corrected chi connectivity index (χ4v) is 4.77. The molecule has 4 aromatic carbocycles. The van der Waals surface area contributed by atoms with Crippen LogP contribution in [0.3, 0.4) is 0 Å². The van der Waals surface area contributed by atoms with Gasteiger partial charge in [0.25, 0.3) is 0 Å². The average molecular weight is 448 g/mol. The quantitative estimate of drug-likeness (QED) is 0.283. The molecule has 0 radical (unpaired) electrons. The topological polar surface area (TPSA) is 48.2 Å². The number of nitrogens with one attached hydrogen (secondary N) is 1. The lowest BCUT2D eigenvalue weighted by atomic mass is 9.94. The van der Waals surface area contributed by atoms with Crippen molar-refractivity contribution in [2.24, 2.45) is 4.99 Å². The molecule has 0 heterocycles. The Balaban J connectivity index is 1.74. The predicted molar refractivity (Wildman–Crippen MR) is 140 cm³/mol. The SMILES string of the molecule is CS[C@@H](c1ccccc1C=Nc1ccccc1)[C@@H](Nc1ccccc1)c1ccc(C#N)cc1. The largest absolute Gasteiger partial charge is 0.377 e. The molecule has 0 aliphatic carbocycles. The van der Waals surface area contributed by atoms with Crippen LogP contribution in [0.1, 0.15) is 33.5 Å². The van der Waals surface area contributed by atoms with Crippen LogP contribution in [0.2, 0.25) is 0 Å². The number of hydrogen-bond donors (Lipinski definition) is 1. The third-order valence-corrected chi connectivity index (χ3v) is 6.50. The molecule has 1 N–H and O–H groups in total. The van der Waals surface area contributed by atoms with Crippen LogP contribution in [0.5, 0.6) is 0 Å². The second-order valence-electron chi connectivity index (χ2n) is 7.60. The first-order valence-electron chi connectivity index (χ1n) is 10.8. The third kappa shape index (κ3) is 5.71. The van der Waals surface area contributed by atoms with Crippen LogP contribution in [0.15, 0.2) is 114 Å². The predicted octanol–water partition coefficient (Wildman–Crippen LogP) is 7.57. The Labute approximate surface area is 199 Å². The average Bonchev–Trinajstić information content (AvgIpc) is 2.89. The van der Waals surface area contributed by atoms with Gasteiger partial charge in [-0.15, -0.1) is 0 Å². The maximum atomic E-state index is 9.24. The van der Waals surface area contributed by atoms with Gasteiger partial charge in [-0.1, -0.05) is 72.8 Å². The minimum Gasteiger partial charge on any atom is -0.377 e. The smallest absolute Gasteiger partial charge is 0.0991 e. The molecule has 0 aliphatic rings. The zero-order valence-electron chi connectivity index (χ0n) is 18.4. The highest BCUT2D eigenvalue weighted by molar-refractivity contribution is 7.98. The van der Waals surface area contributed by atoms with Crippen LogP contribution in [-0.4, -0.2) is 12.5 Å². The lowest BCUT2D eigenvalue weighted by Gasteiger charge is -2.29. The highest BCUT2D eigenvalue weighted by Gasteiger charge is 2.26. The van der Waals surface area contributed by atoms with Gasteiger partial charge in [-0.25, -0.2) is 0 Å². The normalized spacial score (nSPS) is 12.7. The summed E-state index contributed by atoms with van der Waals surface area (Å²) in [4.78, 5) is 4.70. The summed E-state index contributed by atoms with van der Waals surface area (Å²) in [5.74, 6) is 0. The van der Waals surface area contributed by atoms with Gasteiger partial charge in [0.15, 0.2) is 0 Å². The van der Waals surface area contributed by atoms with E-state index in [1.807, 2.05) is 79.0 Å². The molecule has 162 valence electrons. The Kier molecular flexibility index (Phi) is 7.58. The van der Waals surface area contributed by atoms with Crippen LogP contribution in [0.4, 0.5) is 11.4 Å². The summed E-state index contributed by atoms with van der Waals surface area (Å²) >= 11 is 1.80. The number of nitriles is 1. The van der Waals surface area contributed by atoms with Gasteiger partial charge in [-0.05, 0) is 59.3 Å². The monoisotopic (exact) mass is 447 g/mol. The van der Waals surface area contributed by atoms with E-state index in [2.05, 4.69) is 54.0 Å². The molecule has 0 aliphatic heterocycles. The van der Waals surface area contributed by atoms with Gasteiger partial charge in [0.2, 0.25) is 0 Å². The Morgan fingerprint density at radius 2 is 1.45 bits per heavy atom. The summed E-state index contributed by atoms with van der Waals surface area (Å²) in [6.07, 6.45) is 4.09. The molecular formula is C29H25N3S. The van der Waals surface area contributed by atoms with Gasteiger partial charge in [0, 0.05) is 11.9 Å². The van der Waals surface area contributed by atoms with Crippen molar-refractivity contribution in [1.29, 1.82) is 5.26 Å². The second-order valence-corrected chi connectivity index (χ2v) is 8.58. The van der Waals surface area contributed by atoms with Crippen LogP contribution in [0.25, 0.3) is 0 Å². The van der Waals surface area contributed by atoms with Gasteiger partial charge >= 0.3 is 0 Å². The van der Waals surface area contributed by atoms with E-state index in [0.29, 0.717) is 5.56 Å². The maximum Gasteiger partial charge on any atom is 0.0991 e. The molecule has 0 unspecified atom stereocenters. The molecular weight excluding hydrogens is 422 g/mol. The summed E-state index contributed by atoms with van der Waals surface area (Å²) < 4.78 is 0. The summed E-state index contributed by atoms with van der Waals surface area (Å²) in [5, 5.41) is 13.1. The minimum absolute atomic E-state index is 0.00131. The van der Waals surface area contributed by atoms with Crippen molar-refractivity contribution in [1.82, 2.24) is 0 Å². The Bertz CT molecular complexity index is 1230. The van der Waals surface area contributed by atoms with E-state index in [1.54, 1.807) is 11.8 Å². The van der Waals surface area contributed by atoms with Crippen molar-refractivity contribution in [2.45, 2.75) is 11.3 Å². The highest BCUT2D eigenvalue weighted by atomic mass is 32.2. The number of anilines is 1. The molecule has 0 aromatic heterocycles. The van der Waals surface area contributed by atoms with Gasteiger partial charge in [0.05, 0.1) is 28.6 Å². The van der Waals surface area contributed by atoms with Crippen molar-refractivity contribution < 1.29 is 0 Å². The number of hydrogen-bond acceptors (Lipinski definition) is 4. The lowest BCUT2D eigenvalue weighted by Crippen LogP contribution is -2.18. The first-order chi connectivity index (χ1) is 16.3. The molecule has 0 saturated heterocycles. The second kappa shape index (κ2) is 11.2. The summed E-state index contributed by atoms with van der Waals surface area (Å²) in [5.41, 5.74) is 6.08. The number of aliphatic imine (C=N–C) groups is 1. The Hall–Kier alpha value is -3.81. The molecule has 0 fully saturated rings. The van der Waals surface area contributed by atoms with Crippen molar-refractivity contribution in [3.8, 4) is 6.07 Å². The molecule has 0 amide bonds. The third-order valence-electron chi connectivity index (χ3n) is 5.46. The number of thioether (sulfide) groups is 1. The maximum absolute atomic E-state index is 9.24. The first kappa shape index (κ1) is 22.4. The number of nitrogens with zero attached hydrogens (tertiary/aromatic N) is 2. The first-order valence-corrected chi connectivity index (χ1v) is 12.1. The molecule has 4 heteroatoms. The molecule has 4 rings (SSSR count). The van der Waals surface area contributed by atoms with Gasteiger partial charge in [-0.2, -0.15) is 17.0 Å². The fraction of sp³-hybridized carbons (Fsp3) is 0.103. The summed E-state index contributed by atoms with van der Waals surface area (Å²) in [7, 11) is 0. The highest BCUT2D eigenvalue weighted by Crippen LogP contribution is 2.42. The van der Waals surface area contributed by atoms with Gasteiger partial charge < -0.3 is 5.32 Å². The van der Waals surface area contributed by atoms with Crippen molar-refractivity contribution in [3.63, 3.8) is 0 Å². The van der Waals surface area contributed by atoms with Crippen LogP contribution >= 0.6 is 11.8 Å². The van der Waals surface area contributed by atoms with Crippen LogP contribution < -0.4 is 5.32 Å². The van der Waals surface area contributed by atoms with E-state index in [-0.39, 0.29) is 11.3 Å². The zero-order valence-corrected chi connectivity index (χ0v) is 19.2. The molecule has 0 spiro atoms. The molecule has 33 heavy (non-hydrogen) atoms. The summed E-state index contributed by atoms with van der Waals surface area (Å²) in [6.45, 7) is 0. The van der Waals surface area contributed by atoms with E-state index in [4.69, 9.17) is 4.99 Å². The van der Waals surface area contributed by atoms with Gasteiger partial charge in [-0.3, -0.25) is 4.99 Å². The molecule has 0 bridgehead atoms. The Morgan fingerprint density at radius 3 is 2.12 bits per heavy atom. The van der Waals surface area contributed by atoms with Crippen molar-refractivity contribution >= 4 is 29.4 Å². The molecule has 3 nitrogen and oxygen atoms in total. The van der Waals surface area contributed by atoms with Crippen molar-refractivity contribution in [3.05, 3.63) is 131 Å². The molecule has 4 aromatic rings. The molecule has 0 saturated carbocycles. The van der Waals surface area contributed by atoms with Crippen molar-refractivity contribution in [2.75, 3.05) is 11.6 Å². The van der Waals surface area contributed by atoms with E-state index in [1.165, 1.54) is 5.56 Å². The lowest BCUT2D eigenvalue weighted by molar-refractivity contribution is 0.757. The van der Waals surface area contributed by atoms with E-state index in [9.17, 15) is 5.26 Å². The van der Waals surface area contributed by atoms with Gasteiger partial charge in [0.1, 0.15) is 0 Å². The van der Waals surface area contributed by atoms with Crippen LogP contribution in [0, 0.1) is 11.3 Å². The van der Waals surface area contributed by atoms with E-state index >= 15 is 0 Å². The number of para-hydroxylation sites is 2. The Morgan fingerprint density at radius 1 is 0.818 bits per heavy atom.